The number of hydrogen-bond donors (Lipinski definition) is 0. The van der Waals surface area contributed by atoms with Gasteiger partial charge in [-0.15, -0.1) is 0 Å². The normalized spacial score (nSPS) is 12.5. The summed E-state index contributed by atoms with van der Waals surface area (Å²) in [6.45, 7) is 5.25. The molecule has 0 radical (unpaired) electrons. The Balaban J connectivity index is 1.80. The maximum atomic E-state index is 5.90. The number of rotatable bonds is 7. The number of aromatic nitrogens is 2. The average Bonchev–Trinajstić information content (AvgIpc) is 3.01. The Morgan fingerprint density at radius 1 is 1.12 bits per heavy atom. The molecular weight excluding hydrogens is 326 g/mol. The van der Waals surface area contributed by atoms with Crippen LogP contribution in [0.1, 0.15) is 28.8 Å². The molecule has 26 heavy (non-hydrogen) atoms. The van der Waals surface area contributed by atoms with Gasteiger partial charge in [-0.3, -0.25) is 9.88 Å². The predicted molar refractivity (Wildman–Crippen MR) is 102 cm³/mol. The summed E-state index contributed by atoms with van der Waals surface area (Å²) in [4.78, 5) is 11.4. The molecule has 0 aliphatic rings. The van der Waals surface area contributed by atoms with E-state index in [0.29, 0.717) is 19.0 Å². The summed E-state index contributed by atoms with van der Waals surface area (Å²) in [5, 5.41) is 0. The van der Waals surface area contributed by atoms with Crippen LogP contribution in [0.4, 0.5) is 0 Å². The lowest BCUT2D eigenvalue weighted by Gasteiger charge is -2.26. The lowest BCUT2D eigenvalue weighted by molar-refractivity contribution is 0.0991. The molecule has 136 valence electrons. The van der Waals surface area contributed by atoms with Crippen molar-refractivity contribution in [3.05, 3.63) is 71.4 Å². The molecule has 0 fully saturated rings. The van der Waals surface area contributed by atoms with E-state index in [2.05, 4.69) is 36.0 Å². The molecule has 0 bridgehead atoms. The molecule has 0 amide bonds. The lowest BCUT2D eigenvalue weighted by atomic mass is 10.1. The quantitative estimate of drug-likeness (QED) is 0.639. The minimum atomic E-state index is 0.0557. The first-order chi connectivity index (χ1) is 12.6. The third kappa shape index (κ3) is 4.18. The standard InChI is InChI=1S/C21H25N3O2/c1-15-8-10-17(11-9-15)21-23-19(16(2)26-21)13-24(3)20(14-25-4)18-7-5-6-12-22-18/h5-12,20H,13-14H2,1-4H3. The molecular formula is C21H25N3O2. The Bertz CT molecular complexity index is 828. The van der Waals surface area contributed by atoms with E-state index in [1.54, 1.807) is 7.11 Å². The Hall–Kier alpha value is -2.50. The van der Waals surface area contributed by atoms with Gasteiger partial charge < -0.3 is 9.15 Å². The van der Waals surface area contributed by atoms with Crippen molar-refractivity contribution < 1.29 is 9.15 Å². The molecule has 0 saturated carbocycles. The summed E-state index contributed by atoms with van der Waals surface area (Å²) in [5.74, 6) is 1.50. The van der Waals surface area contributed by atoms with Crippen LogP contribution in [-0.2, 0) is 11.3 Å². The van der Waals surface area contributed by atoms with Crippen molar-refractivity contribution in [3.8, 4) is 11.5 Å². The van der Waals surface area contributed by atoms with Gasteiger partial charge in [0.1, 0.15) is 5.76 Å². The largest absolute Gasteiger partial charge is 0.441 e. The van der Waals surface area contributed by atoms with E-state index in [-0.39, 0.29) is 6.04 Å². The van der Waals surface area contributed by atoms with Gasteiger partial charge >= 0.3 is 0 Å². The fourth-order valence-electron chi connectivity index (χ4n) is 2.91. The second-order valence-corrected chi connectivity index (χ2v) is 6.53. The van der Waals surface area contributed by atoms with Gasteiger partial charge in [-0.1, -0.05) is 23.8 Å². The number of nitrogens with zero attached hydrogens (tertiary/aromatic N) is 3. The van der Waals surface area contributed by atoms with Gasteiger partial charge in [0.2, 0.25) is 5.89 Å². The van der Waals surface area contributed by atoms with Crippen LogP contribution >= 0.6 is 0 Å². The van der Waals surface area contributed by atoms with Crippen LogP contribution < -0.4 is 0 Å². The number of aryl methyl sites for hydroxylation is 2. The van der Waals surface area contributed by atoms with E-state index < -0.39 is 0 Å². The van der Waals surface area contributed by atoms with E-state index in [9.17, 15) is 0 Å². The van der Waals surface area contributed by atoms with Gasteiger partial charge in [0.15, 0.2) is 0 Å². The minimum Gasteiger partial charge on any atom is -0.441 e. The smallest absolute Gasteiger partial charge is 0.226 e. The number of likely N-dealkylation sites (N-methyl/N-ethyl adjacent to an activating group) is 1. The third-order valence-corrected chi connectivity index (χ3v) is 4.48. The third-order valence-electron chi connectivity index (χ3n) is 4.48. The fraction of sp³-hybridized carbons (Fsp3) is 0.333. The highest BCUT2D eigenvalue weighted by atomic mass is 16.5. The van der Waals surface area contributed by atoms with Crippen LogP contribution in [-0.4, -0.2) is 35.6 Å². The second kappa shape index (κ2) is 8.25. The van der Waals surface area contributed by atoms with Crippen LogP contribution in [0.5, 0.6) is 0 Å². The molecule has 2 heterocycles. The molecule has 0 aliphatic carbocycles. The molecule has 1 aromatic carbocycles. The van der Waals surface area contributed by atoms with Gasteiger partial charge in [0.25, 0.3) is 0 Å². The lowest BCUT2D eigenvalue weighted by Crippen LogP contribution is -2.28. The summed E-state index contributed by atoms with van der Waals surface area (Å²) >= 11 is 0. The summed E-state index contributed by atoms with van der Waals surface area (Å²) in [5.41, 5.74) is 4.12. The summed E-state index contributed by atoms with van der Waals surface area (Å²) in [6.07, 6.45) is 1.81. The van der Waals surface area contributed by atoms with Crippen LogP contribution in [0.25, 0.3) is 11.5 Å². The highest BCUT2D eigenvalue weighted by Crippen LogP contribution is 2.25. The molecule has 0 saturated heterocycles. The van der Waals surface area contributed by atoms with Gasteiger partial charge in [-0.05, 0) is 45.2 Å². The van der Waals surface area contributed by atoms with Crippen molar-refractivity contribution >= 4 is 0 Å². The van der Waals surface area contributed by atoms with Crippen molar-refractivity contribution in [2.45, 2.75) is 26.4 Å². The van der Waals surface area contributed by atoms with E-state index in [1.807, 2.05) is 43.5 Å². The molecule has 5 heteroatoms. The van der Waals surface area contributed by atoms with Crippen LogP contribution in [0.15, 0.2) is 53.1 Å². The highest BCUT2D eigenvalue weighted by molar-refractivity contribution is 5.54. The maximum Gasteiger partial charge on any atom is 0.226 e. The predicted octanol–water partition coefficient (Wildman–Crippen LogP) is 4.17. The van der Waals surface area contributed by atoms with Gasteiger partial charge in [0, 0.05) is 25.4 Å². The number of hydrogen-bond acceptors (Lipinski definition) is 5. The first kappa shape index (κ1) is 18.3. The Morgan fingerprint density at radius 3 is 2.54 bits per heavy atom. The Morgan fingerprint density at radius 2 is 1.88 bits per heavy atom. The zero-order chi connectivity index (χ0) is 18.5. The molecule has 2 aromatic heterocycles. The number of benzene rings is 1. The van der Waals surface area contributed by atoms with E-state index in [0.717, 1.165) is 22.7 Å². The van der Waals surface area contributed by atoms with Crippen LogP contribution in [0.2, 0.25) is 0 Å². The van der Waals surface area contributed by atoms with Gasteiger partial charge in [0.05, 0.1) is 24.0 Å². The average molecular weight is 351 g/mol. The molecule has 0 spiro atoms. The summed E-state index contributed by atoms with van der Waals surface area (Å²) < 4.78 is 11.3. The van der Waals surface area contributed by atoms with Crippen molar-refractivity contribution in [2.24, 2.45) is 0 Å². The highest BCUT2D eigenvalue weighted by Gasteiger charge is 2.21. The molecule has 5 nitrogen and oxygen atoms in total. The number of pyridine rings is 1. The van der Waals surface area contributed by atoms with E-state index >= 15 is 0 Å². The van der Waals surface area contributed by atoms with Crippen LogP contribution in [0, 0.1) is 13.8 Å². The number of ether oxygens (including phenoxy) is 1. The van der Waals surface area contributed by atoms with Crippen molar-refractivity contribution in [1.82, 2.24) is 14.9 Å². The molecule has 3 aromatic rings. The zero-order valence-electron chi connectivity index (χ0n) is 15.8. The van der Waals surface area contributed by atoms with Crippen LogP contribution in [0.3, 0.4) is 0 Å². The number of oxazole rings is 1. The first-order valence-electron chi connectivity index (χ1n) is 8.72. The second-order valence-electron chi connectivity index (χ2n) is 6.53. The monoisotopic (exact) mass is 351 g/mol. The van der Waals surface area contributed by atoms with Gasteiger partial charge in [-0.2, -0.15) is 0 Å². The number of methoxy groups -OCH3 is 1. The van der Waals surface area contributed by atoms with E-state index in [1.165, 1.54) is 5.56 Å². The zero-order valence-corrected chi connectivity index (χ0v) is 15.8. The van der Waals surface area contributed by atoms with Crippen molar-refractivity contribution in [1.29, 1.82) is 0 Å². The molecule has 0 N–H and O–H groups in total. The van der Waals surface area contributed by atoms with Crippen molar-refractivity contribution in [2.75, 3.05) is 20.8 Å². The molecule has 1 atom stereocenters. The Labute approximate surface area is 154 Å². The molecule has 0 aliphatic heterocycles. The van der Waals surface area contributed by atoms with Gasteiger partial charge in [-0.25, -0.2) is 4.98 Å². The van der Waals surface area contributed by atoms with E-state index in [4.69, 9.17) is 14.1 Å². The summed E-state index contributed by atoms with van der Waals surface area (Å²) in [7, 11) is 3.76. The van der Waals surface area contributed by atoms with Crippen molar-refractivity contribution in [3.63, 3.8) is 0 Å². The topological polar surface area (TPSA) is 51.4 Å². The molecule has 1 unspecified atom stereocenters. The molecule has 3 rings (SSSR count). The SMILES string of the molecule is COCC(c1ccccn1)N(C)Cc1nc(-c2ccc(C)cc2)oc1C. The Kier molecular flexibility index (Phi) is 5.81. The fourth-order valence-corrected chi connectivity index (χ4v) is 2.91. The first-order valence-corrected chi connectivity index (χ1v) is 8.72. The maximum absolute atomic E-state index is 5.90. The summed E-state index contributed by atoms with van der Waals surface area (Å²) in [6, 6.07) is 14.2. The minimum absolute atomic E-state index is 0.0557.